The molecule has 23 heavy (non-hydrogen) atoms. The highest BCUT2D eigenvalue weighted by molar-refractivity contribution is 5.98. The normalized spacial score (nSPS) is 21.0. The SMILES string of the molecule is C=CC1CCC(C=O)CN1C(=O)c1ccccc1-n1nccn1. The number of hydrogen-bond acceptors (Lipinski definition) is 4. The van der Waals surface area contributed by atoms with E-state index in [1.807, 2.05) is 12.1 Å². The van der Waals surface area contributed by atoms with Crippen molar-refractivity contribution in [1.82, 2.24) is 19.9 Å². The number of carbonyl (C=O) groups excluding carboxylic acids is 2. The van der Waals surface area contributed by atoms with Crippen LogP contribution in [0.25, 0.3) is 5.69 Å². The van der Waals surface area contributed by atoms with Crippen molar-refractivity contribution in [3.05, 3.63) is 54.9 Å². The molecule has 2 heterocycles. The molecule has 0 N–H and O–H groups in total. The van der Waals surface area contributed by atoms with Crippen LogP contribution < -0.4 is 0 Å². The molecule has 6 nitrogen and oxygen atoms in total. The van der Waals surface area contributed by atoms with Gasteiger partial charge in [0.1, 0.15) is 6.29 Å². The molecule has 6 heteroatoms. The van der Waals surface area contributed by atoms with Crippen molar-refractivity contribution in [3.8, 4) is 5.69 Å². The quantitative estimate of drug-likeness (QED) is 0.638. The minimum absolute atomic E-state index is 0.0580. The van der Waals surface area contributed by atoms with Crippen LogP contribution in [0.2, 0.25) is 0 Å². The summed E-state index contributed by atoms with van der Waals surface area (Å²) in [5.74, 6) is -0.250. The smallest absolute Gasteiger partial charge is 0.256 e. The van der Waals surface area contributed by atoms with E-state index < -0.39 is 0 Å². The molecule has 1 saturated heterocycles. The molecular weight excluding hydrogens is 292 g/mol. The fraction of sp³-hybridized carbons (Fsp3) is 0.294. The molecule has 2 atom stereocenters. The van der Waals surface area contributed by atoms with Crippen LogP contribution in [0.15, 0.2) is 49.3 Å². The van der Waals surface area contributed by atoms with Crippen LogP contribution in [0.3, 0.4) is 0 Å². The van der Waals surface area contributed by atoms with E-state index >= 15 is 0 Å². The van der Waals surface area contributed by atoms with Gasteiger partial charge in [-0.1, -0.05) is 18.2 Å². The molecular formula is C17H18N4O2. The second-order valence-electron chi connectivity index (χ2n) is 5.57. The van der Waals surface area contributed by atoms with Gasteiger partial charge in [-0.15, -0.1) is 6.58 Å². The summed E-state index contributed by atoms with van der Waals surface area (Å²) in [4.78, 5) is 27.3. The van der Waals surface area contributed by atoms with Crippen molar-refractivity contribution in [3.63, 3.8) is 0 Å². The first-order valence-electron chi connectivity index (χ1n) is 7.59. The minimum Gasteiger partial charge on any atom is -0.331 e. The second kappa shape index (κ2) is 6.56. The molecule has 2 unspecified atom stereocenters. The Morgan fingerprint density at radius 2 is 1.96 bits per heavy atom. The summed E-state index contributed by atoms with van der Waals surface area (Å²) in [6, 6.07) is 7.15. The Bertz CT molecular complexity index is 711. The molecule has 3 rings (SSSR count). The van der Waals surface area contributed by atoms with Gasteiger partial charge in [-0.25, -0.2) is 0 Å². The predicted octanol–water partition coefficient (Wildman–Crippen LogP) is 1.87. The predicted molar refractivity (Wildman–Crippen MR) is 85.2 cm³/mol. The minimum atomic E-state index is -0.130. The number of aldehydes is 1. The number of likely N-dealkylation sites (tertiary alicyclic amines) is 1. The summed E-state index contributed by atoms with van der Waals surface area (Å²) >= 11 is 0. The molecule has 0 spiro atoms. The van der Waals surface area contributed by atoms with Crippen LogP contribution in [0.1, 0.15) is 23.2 Å². The van der Waals surface area contributed by atoms with Crippen molar-refractivity contribution in [2.24, 2.45) is 5.92 Å². The van der Waals surface area contributed by atoms with E-state index in [4.69, 9.17) is 0 Å². The molecule has 1 aromatic heterocycles. The zero-order valence-electron chi connectivity index (χ0n) is 12.7. The summed E-state index contributed by atoms with van der Waals surface area (Å²) in [6.07, 6.45) is 7.37. The van der Waals surface area contributed by atoms with Crippen LogP contribution in [-0.2, 0) is 4.79 Å². The average molecular weight is 310 g/mol. The van der Waals surface area contributed by atoms with Gasteiger partial charge in [-0.05, 0) is 25.0 Å². The Labute approximate surface area is 134 Å². The summed E-state index contributed by atoms with van der Waals surface area (Å²) in [7, 11) is 0. The molecule has 1 aliphatic rings. The third kappa shape index (κ3) is 2.92. The maximum atomic E-state index is 13.0. The summed E-state index contributed by atoms with van der Waals surface area (Å²) in [6.45, 7) is 4.24. The molecule has 1 amide bonds. The van der Waals surface area contributed by atoms with E-state index in [1.54, 1.807) is 35.5 Å². The molecule has 118 valence electrons. The standard InChI is InChI=1S/C17H18N4O2/c1-2-14-8-7-13(12-22)11-20(14)17(23)15-5-3-4-6-16(15)21-18-9-10-19-21/h2-6,9-10,12-14H,1,7-8,11H2. The van der Waals surface area contributed by atoms with Gasteiger partial charge < -0.3 is 9.69 Å². The van der Waals surface area contributed by atoms with Crippen molar-refractivity contribution in [2.45, 2.75) is 18.9 Å². The van der Waals surface area contributed by atoms with Gasteiger partial charge in [0.2, 0.25) is 0 Å². The Balaban J connectivity index is 1.96. The van der Waals surface area contributed by atoms with E-state index in [0.29, 0.717) is 17.8 Å². The molecule has 1 aliphatic heterocycles. The highest BCUT2D eigenvalue weighted by atomic mass is 16.2. The molecule has 0 aliphatic carbocycles. The molecule has 1 aromatic carbocycles. The number of nitrogens with zero attached hydrogens (tertiary/aromatic N) is 4. The van der Waals surface area contributed by atoms with Gasteiger partial charge in [0, 0.05) is 12.5 Å². The number of aromatic nitrogens is 3. The van der Waals surface area contributed by atoms with E-state index in [2.05, 4.69) is 16.8 Å². The van der Waals surface area contributed by atoms with Gasteiger partial charge in [0.15, 0.2) is 0 Å². The fourth-order valence-electron chi connectivity index (χ4n) is 2.93. The maximum Gasteiger partial charge on any atom is 0.256 e. The lowest BCUT2D eigenvalue weighted by Gasteiger charge is -2.36. The van der Waals surface area contributed by atoms with Gasteiger partial charge in [0.05, 0.1) is 29.7 Å². The molecule has 1 fully saturated rings. The van der Waals surface area contributed by atoms with E-state index in [1.165, 1.54) is 4.80 Å². The Kier molecular flexibility index (Phi) is 4.32. The summed E-state index contributed by atoms with van der Waals surface area (Å²) in [5.41, 5.74) is 1.14. The topological polar surface area (TPSA) is 68.1 Å². The maximum absolute atomic E-state index is 13.0. The van der Waals surface area contributed by atoms with Crippen molar-refractivity contribution in [1.29, 1.82) is 0 Å². The highest BCUT2D eigenvalue weighted by Crippen LogP contribution is 2.25. The van der Waals surface area contributed by atoms with Crippen molar-refractivity contribution >= 4 is 12.2 Å². The van der Waals surface area contributed by atoms with Crippen molar-refractivity contribution in [2.75, 3.05) is 6.54 Å². The highest BCUT2D eigenvalue weighted by Gasteiger charge is 2.31. The molecule has 2 aromatic rings. The largest absolute Gasteiger partial charge is 0.331 e. The average Bonchev–Trinajstić information content (AvgIpc) is 3.15. The Morgan fingerprint density at radius 3 is 2.65 bits per heavy atom. The lowest BCUT2D eigenvalue weighted by molar-refractivity contribution is -0.112. The summed E-state index contributed by atoms with van der Waals surface area (Å²) in [5, 5.41) is 8.21. The lowest BCUT2D eigenvalue weighted by Crippen LogP contribution is -2.46. The van der Waals surface area contributed by atoms with Crippen LogP contribution in [0.5, 0.6) is 0 Å². The molecule has 0 bridgehead atoms. The number of hydrogen-bond donors (Lipinski definition) is 0. The third-order valence-corrected chi connectivity index (χ3v) is 4.16. The third-order valence-electron chi connectivity index (χ3n) is 4.16. The monoisotopic (exact) mass is 310 g/mol. The van der Waals surface area contributed by atoms with Crippen LogP contribution in [-0.4, -0.2) is 44.7 Å². The van der Waals surface area contributed by atoms with Gasteiger partial charge in [-0.2, -0.15) is 15.0 Å². The molecule has 0 radical (unpaired) electrons. The first-order valence-corrected chi connectivity index (χ1v) is 7.59. The number of para-hydroxylation sites is 1. The zero-order valence-corrected chi connectivity index (χ0v) is 12.7. The van der Waals surface area contributed by atoms with Gasteiger partial charge in [0.25, 0.3) is 5.91 Å². The van der Waals surface area contributed by atoms with Crippen molar-refractivity contribution < 1.29 is 9.59 Å². The number of rotatable bonds is 4. The van der Waals surface area contributed by atoms with Gasteiger partial charge >= 0.3 is 0 Å². The lowest BCUT2D eigenvalue weighted by atomic mass is 9.93. The van der Waals surface area contributed by atoms with E-state index in [9.17, 15) is 9.59 Å². The fourth-order valence-corrected chi connectivity index (χ4v) is 2.93. The number of amides is 1. The second-order valence-corrected chi connectivity index (χ2v) is 5.57. The Hall–Kier alpha value is -2.76. The Morgan fingerprint density at radius 1 is 1.22 bits per heavy atom. The van der Waals surface area contributed by atoms with Crippen LogP contribution in [0, 0.1) is 5.92 Å². The van der Waals surface area contributed by atoms with E-state index in [-0.39, 0.29) is 17.9 Å². The van der Waals surface area contributed by atoms with Gasteiger partial charge in [-0.3, -0.25) is 4.79 Å². The van der Waals surface area contributed by atoms with Crippen LogP contribution >= 0.6 is 0 Å². The number of benzene rings is 1. The number of carbonyl (C=O) groups is 2. The number of piperidine rings is 1. The first-order chi connectivity index (χ1) is 11.2. The zero-order chi connectivity index (χ0) is 16.2. The molecule has 0 saturated carbocycles. The first kappa shape index (κ1) is 15.1. The van der Waals surface area contributed by atoms with Crippen LogP contribution in [0.4, 0.5) is 0 Å². The summed E-state index contributed by atoms with van der Waals surface area (Å²) < 4.78 is 0. The van der Waals surface area contributed by atoms with E-state index in [0.717, 1.165) is 19.1 Å².